The molecule has 1 aromatic rings. The van der Waals surface area contributed by atoms with E-state index in [0.29, 0.717) is 28.8 Å². The summed E-state index contributed by atoms with van der Waals surface area (Å²) in [5.74, 6) is -0.0356. The highest BCUT2D eigenvalue weighted by Crippen LogP contribution is 2.32. The first-order valence-corrected chi connectivity index (χ1v) is 7.67. The average molecular weight is 315 g/mol. The molecule has 0 radical (unpaired) electrons. The van der Waals surface area contributed by atoms with E-state index in [-0.39, 0.29) is 12.0 Å². The van der Waals surface area contributed by atoms with Gasteiger partial charge < -0.3 is 14.5 Å². The van der Waals surface area contributed by atoms with Crippen LogP contribution in [0.4, 0.5) is 4.79 Å². The molecule has 7 heteroatoms. The minimum absolute atomic E-state index is 0.0356. The number of likely N-dealkylation sites (N-methyl/N-ethyl adjacent to an activating group) is 1. The lowest BCUT2D eigenvalue weighted by Crippen LogP contribution is -2.52. The van der Waals surface area contributed by atoms with E-state index >= 15 is 0 Å². The van der Waals surface area contributed by atoms with Crippen molar-refractivity contribution in [3.05, 3.63) is 21.3 Å². The van der Waals surface area contributed by atoms with Crippen LogP contribution < -0.4 is 0 Å². The Morgan fingerprint density at radius 3 is 2.85 bits per heavy atom. The summed E-state index contributed by atoms with van der Waals surface area (Å²) in [7, 11) is 1.72. The predicted molar refractivity (Wildman–Crippen MR) is 76.3 cm³/mol. The molecule has 2 aliphatic rings. The number of carbonyl (C=O) groups is 2. The Balaban J connectivity index is 1.76. The molecular weight excluding hydrogens is 300 g/mol. The minimum atomic E-state index is -0.541. The molecule has 1 spiro atoms. The molecule has 5 nitrogen and oxygen atoms in total. The highest BCUT2D eigenvalue weighted by molar-refractivity contribution is 7.17. The van der Waals surface area contributed by atoms with Gasteiger partial charge in [-0.05, 0) is 25.0 Å². The van der Waals surface area contributed by atoms with Gasteiger partial charge in [-0.25, -0.2) is 4.79 Å². The third kappa shape index (κ3) is 2.38. The van der Waals surface area contributed by atoms with Gasteiger partial charge in [0.05, 0.1) is 22.3 Å². The Labute approximate surface area is 126 Å². The van der Waals surface area contributed by atoms with Crippen molar-refractivity contribution in [3.63, 3.8) is 0 Å². The van der Waals surface area contributed by atoms with Gasteiger partial charge in [0.25, 0.3) is 5.91 Å². The molecule has 2 fully saturated rings. The maximum Gasteiger partial charge on any atom is 0.410 e. The highest BCUT2D eigenvalue weighted by atomic mass is 35.5. The van der Waals surface area contributed by atoms with Crippen LogP contribution in [0.3, 0.4) is 0 Å². The van der Waals surface area contributed by atoms with Crippen LogP contribution >= 0.6 is 22.9 Å². The first-order chi connectivity index (χ1) is 9.49. The molecule has 0 aliphatic carbocycles. The molecule has 2 saturated heterocycles. The van der Waals surface area contributed by atoms with Gasteiger partial charge in [-0.3, -0.25) is 4.79 Å². The Hall–Kier alpha value is -1.27. The maximum atomic E-state index is 12.4. The van der Waals surface area contributed by atoms with Gasteiger partial charge in [0, 0.05) is 13.6 Å². The van der Waals surface area contributed by atoms with Gasteiger partial charge in [0.1, 0.15) is 5.60 Å². The van der Waals surface area contributed by atoms with Crippen molar-refractivity contribution in [1.29, 1.82) is 0 Å². The minimum Gasteiger partial charge on any atom is -0.439 e. The van der Waals surface area contributed by atoms with Gasteiger partial charge in [-0.1, -0.05) is 11.6 Å². The number of hydrogen-bond acceptors (Lipinski definition) is 4. The van der Waals surface area contributed by atoms with Crippen molar-refractivity contribution >= 4 is 34.9 Å². The van der Waals surface area contributed by atoms with E-state index in [1.807, 2.05) is 0 Å². The van der Waals surface area contributed by atoms with E-state index in [0.717, 1.165) is 12.8 Å². The molecule has 108 valence electrons. The number of thiophene rings is 1. The SMILES string of the molecule is CN1CC2(CCCN(C(=O)c3ccc(Cl)s3)C2)OC1=O. The van der Waals surface area contributed by atoms with Crippen molar-refractivity contribution in [2.75, 3.05) is 26.7 Å². The van der Waals surface area contributed by atoms with E-state index in [4.69, 9.17) is 16.3 Å². The molecular formula is C13H15ClN2O3S. The maximum absolute atomic E-state index is 12.4. The topological polar surface area (TPSA) is 49.9 Å². The number of ether oxygens (including phenoxy) is 1. The van der Waals surface area contributed by atoms with Crippen molar-refractivity contribution in [3.8, 4) is 0 Å². The summed E-state index contributed by atoms with van der Waals surface area (Å²) in [5, 5.41) is 0. The molecule has 0 bridgehead atoms. The highest BCUT2D eigenvalue weighted by Gasteiger charge is 2.47. The van der Waals surface area contributed by atoms with Crippen LogP contribution in [-0.2, 0) is 4.74 Å². The standard InChI is InChI=1S/C13H15ClN2O3S/c1-15-7-13(19-12(15)18)5-2-6-16(8-13)11(17)9-3-4-10(14)20-9/h3-4H,2,5-8H2,1H3. The molecule has 3 rings (SSSR count). The van der Waals surface area contributed by atoms with Crippen molar-refractivity contribution in [1.82, 2.24) is 9.80 Å². The fourth-order valence-corrected chi connectivity index (χ4v) is 3.87. The van der Waals surface area contributed by atoms with Gasteiger partial charge >= 0.3 is 6.09 Å². The van der Waals surface area contributed by atoms with Gasteiger partial charge in [0.15, 0.2) is 0 Å². The zero-order valence-corrected chi connectivity index (χ0v) is 12.7. The van der Waals surface area contributed by atoms with Crippen molar-refractivity contribution in [2.24, 2.45) is 0 Å². The summed E-state index contributed by atoms with van der Waals surface area (Å²) >= 11 is 7.15. The Morgan fingerprint density at radius 1 is 1.45 bits per heavy atom. The average Bonchev–Trinajstić information content (AvgIpc) is 2.94. The fourth-order valence-electron chi connectivity index (χ4n) is 2.86. The van der Waals surface area contributed by atoms with E-state index in [2.05, 4.69) is 0 Å². The molecule has 1 atom stereocenters. The molecule has 0 aromatic carbocycles. The molecule has 0 saturated carbocycles. The fraction of sp³-hybridized carbons (Fsp3) is 0.538. The molecule has 2 aliphatic heterocycles. The van der Waals surface area contributed by atoms with Crippen LogP contribution in [0.25, 0.3) is 0 Å². The first-order valence-electron chi connectivity index (χ1n) is 6.48. The largest absolute Gasteiger partial charge is 0.439 e. The van der Waals surface area contributed by atoms with Crippen molar-refractivity contribution < 1.29 is 14.3 Å². The second-order valence-electron chi connectivity index (χ2n) is 5.34. The summed E-state index contributed by atoms with van der Waals surface area (Å²) in [6.45, 7) is 1.69. The summed E-state index contributed by atoms with van der Waals surface area (Å²) in [6.07, 6.45) is 1.34. The Morgan fingerprint density at radius 2 is 2.25 bits per heavy atom. The number of amides is 2. The number of nitrogens with zero attached hydrogens (tertiary/aromatic N) is 2. The van der Waals surface area contributed by atoms with Crippen LogP contribution in [0.1, 0.15) is 22.5 Å². The third-order valence-electron chi connectivity index (χ3n) is 3.75. The second-order valence-corrected chi connectivity index (χ2v) is 7.06. The van der Waals surface area contributed by atoms with Crippen LogP contribution in [0, 0.1) is 0 Å². The van der Waals surface area contributed by atoms with Crippen LogP contribution in [0.15, 0.2) is 12.1 Å². The van der Waals surface area contributed by atoms with E-state index < -0.39 is 5.60 Å². The third-order valence-corrected chi connectivity index (χ3v) is 4.97. The van der Waals surface area contributed by atoms with Crippen LogP contribution in [0.2, 0.25) is 4.34 Å². The van der Waals surface area contributed by atoms with E-state index in [1.54, 1.807) is 29.0 Å². The number of likely N-dealkylation sites (tertiary alicyclic amines) is 1. The predicted octanol–water partition coefficient (Wildman–Crippen LogP) is 2.46. The van der Waals surface area contributed by atoms with Crippen molar-refractivity contribution in [2.45, 2.75) is 18.4 Å². The van der Waals surface area contributed by atoms with Gasteiger partial charge in [0.2, 0.25) is 0 Å². The Kier molecular flexibility index (Phi) is 3.38. The van der Waals surface area contributed by atoms with Gasteiger partial charge in [-0.15, -0.1) is 11.3 Å². The smallest absolute Gasteiger partial charge is 0.410 e. The molecule has 0 N–H and O–H groups in total. The molecule has 2 amide bonds. The summed E-state index contributed by atoms with van der Waals surface area (Å²) in [5.41, 5.74) is -0.541. The molecule has 1 aromatic heterocycles. The van der Waals surface area contributed by atoms with E-state index in [1.165, 1.54) is 11.3 Å². The quantitative estimate of drug-likeness (QED) is 0.800. The first kappa shape index (κ1) is 13.7. The zero-order chi connectivity index (χ0) is 14.3. The summed E-state index contributed by atoms with van der Waals surface area (Å²) in [6, 6.07) is 3.46. The van der Waals surface area contributed by atoms with Crippen LogP contribution in [0.5, 0.6) is 0 Å². The monoisotopic (exact) mass is 314 g/mol. The Bertz CT molecular complexity index is 562. The molecule has 3 heterocycles. The lowest BCUT2D eigenvalue weighted by molar-refractivity contribution is -0.00504. The zero-order valence-electron chi connectivity index (χ0n) is 11.1. The van der Waals surface area contributed by atoms with Crippen LogP contribution in [-0.4, -0.2) is 54.1 Å². The number of hydrogen-bond donors (Lipinski definition) is 0. The number of carbonyl (C=O) groups excluding carboxylic acids is 2. The number of rotatable bonds is 1. The molecule has 20 heavy (non-hydrogen) atoms. The van der Waals surface area contributed by atoms with Gasteiger partial charge in [-0.2, -0.15) is 0 Å². The number of halogens is 1. The summed E-state index contributed by atoms with van der Waals surface area (Å²) < 4.78 is 6.10. The second kappa shape index (κ2) is 4.93. The number of piperidine rings is 1. The lowest BCUT2D eigenvalue weighted by Gasteiger charge is -2.38. The normalized spacial score (nSPS) is 26.2. The van der Waals surface area contributed by atoms with E-state index in [9.17, 15) is 9.59 Å². The lowest BCUT2D eigenvalue weighted by atomic mass is 9.92. The summed E-state index contributed by atoms with van der Waals surface area (Å²) in [4.78, 5) is 28.0. The molecule has 1 unspecified atom stereocenters.